The molecule has 0 fully saturated rings. The molecule has 17 heavy (non-hydrogen) atoms. The molecule has 0 aliphatic heterocycles. The van der Waals surface area contributed by atoms with E-state index in [2.05, 4.69) is 6.92 Å². The number of ether oxygens (including phenoxy) is 1. The van der Waals surface area contributed by atoms with Gasteiger partial charge in [0.15, 0.2) is 11.6 Å². The summed E-state index contributed by atoms with van der Waals surface area (Å²) in [6.07, 6.45) is 2.39. The molecule has 3 N–H and O–H groups in total. The first-order valence-electron chi connectivity index (χ1n) is 5.95. The van der Waals surface area contributed by atoms with Crippen LogP contribution >= 0.6 is 0 Å². The van der Waals surface area contributed by atoms with Crippen LogP contribution in [0.3, 0.4) is 0 Å². The quantitative estimate of drug-likeness (QED) is 0.716. The molecule has 0 aliphatic carbocycles. The molecule has 0 aromatic heterocycles. The van der Waals surface area contributed by atoms with E-state index in [1.165, 1.54) is 6.07 Å². The fraction of sp³-hybridized carbons (Fsp3) is 0.538. The van der Waals surface area contributed by atoms with Gasteiger partial charge in [0.25, 0.3) is 0 Å². The van der Waals surface area contributed by atoms with Crippen molar-refractivity contribution in [2.45, 2.75) is 32.2 Å². The number of nitrogens with two attached hydrogens (primary N) is 1. The largest absolute Gasteiger partial charge is 0.491 e. The summed E-state index contributed by atoms with van der Waals surface area (Å²) in [4.78, 5) is 0. The van der Waals surface area contributed by atoms with Crippen molar-refractivity contribution in [3.05, 3.63) is 29.6 Å². The third-order valence-corrected chi connectivity index (χ3v) is 2.48. The number of benzene rings is 1. The highest BCUT2D eigenvalue weighted by atomic mass is 19.1. The van der Waals surface area contributed by atoms with Crippen LogP contribution in [0.1, 0.15) is 25.3 Å². The Morgan fingerprint density at radius 3 is 2.82 bits per heavy atom. The van der Waals surface area contributed by atoms with Crippen molar-refractivity contribution in [3.63, 3.8) is 0 Å². The van der Waals surface area contributed by atoms with Gasteiger partial charge in [-0.25, -0.2) is 4.39 Å². The Morgan fingerprint density at radius 2 is 2.24 bits per heavy atom. The number of halogens is 1. The van der Waals surface area contributed by atoms with Crippen molar-refractivity contribution in [3.8, 4) is 5.75 Å². The number of aliphatic hydroxyl groups excluding tert-OH is 1. The Hall–Kier alpha value is -1.13. The summed E-state index contributed by atoms with van der Waals surface area (Å²) in [6.45, 7) is 2.48. The number of rotatable bonds is 7. The number of aliphatic hydroxyl groups is 1. The molecule has 0 spiro atoms. The molecule has 1 aromatic rings. The lowest BCUT2D eigenvalue weighted by Gasteiger charge is -2.10. The maximum Gasteiger partial charge on any atom is 0.165 e. The summed E-state index contributed by atoms with van der Waals surface area (Å²) in [6, 6.07) is 4.46. The van der Waals surface area contributed by atoms with Crippen LogP contribution in [-0.2, 0) is 6.42 Å². The van der Waals surface area contributed by atoms with Gasteiger partial charge in [-0.15, -0.1) is 0 Å². The van der Waals surface area contributed by atoms with E-state index in [0.717, 1.165) is 18.4 Å². The molecule has 0 heterocycles. The van der Waals surface area contributed by atoms with Gasteiger partial charge in [0.05, 0.1) is 13.2 Å². The zero-order valence-corrected chi connectivity index (χ0v) is 10.2. The van der Waals surface area contributed by atoms with Crippen LogP contribution in [0.5, 0.6) is 5.75 Å². The average Bonchev–Trinajstić information content (AvgIpc) is 2.32. The molecule has 0 saturated carbocycles. The highest BCUT2D eigenvalue weighted by molar-refractivity contribution is 5.29. The van der Waals surface area contributed by atoms with Gasteiger partial charge in [-0.1, -0.05) is 19.4 Å². The van der Waals surface area contributed by atoms with Gasteiger partial charge in [-0.05, 0) is 30.5 Å². The molecule has 3 nitrogen and oxygen atoms in total. The van der Waals surface area contributed by atoms with Gasteiger partial charge in [0.2, 0.25) is 0 Å². The zero-order valence-electron chi connectivity index (χ0n) is 10.2. The Kier molecular flexibility index (Phi) is 5.94. The monoisotopic (exact) mass is 241 g/mol. The Balaban J connectivity index is 2.59. The third-order valence-electron chi connectivity index (χ3n) is 2.48. The van der Waals surface area contributed by atoms with Gasteiger partial charge >= 0.3 is 0 Å². The molecular weight excluding hydrogens is 221 g/mol. The molecule has 4 heteroatoms. The SMILES string of the molecule is CCCCOc1ccc(C[C@H](N)CO)cc1F. The molecule has 0 bridgehead atoms. The summed E-state index contributed by atoms with van der Waals surface area (Å²) >= 11 is 0. The van der Waals surface area contributed by atoms with E-state index < -0.39 is 0 Å². The molecule has 1 aromatic carbocycles. The van der Waals surface area contributed by atoms with Crippen LogP contribution in [0, 0.1) is 5.82 Å². The van der Waals surface area contributed by atoms with Crippen LogP contribution < -0.4 is 10.5 Å². The zero-order chi connectivity index (χ0) is 12.7. The highest BCUT2D eigenvalue weighted by Crippen LogP contribution is 2.19. The smallest absolute Gasteiger partial charge is 0.165 e. The normalized spacial score (nSPS) is 12.5. The number of hydrogen-bond donors (Lipinski definition) is 2. The third kappa shape index (κ3) is 4.71. The molecule has 0 unspecified atom stereocenters. The molecule has 96 valence electrons. The minimum absolute atomic E-state index is 0.101. The second kappa shape index (κ2) is 7.25. The summed E-state index contributed by atoms with van der Waals surface area (Å²) in [5.41, 5.74) is 6.36. The summed E-state index contributed by atoms with van der Waals surface area (Å²) in [5.74, 6) is -0.0940. The molecule has 1 atom stereocenters. The van der Waals surface area contributed by atoms with E-state index in [-0.39, 0.29) is 24.2 Å². The maximum absolute atomic E-state index is 13.6. The van der Waals surface area contributed by atoms with Crippen molar-refractivity contribution in [2.24, 2.45) is 5.73 Å². The van der Waals surface area contributed by atoms with Crippen molar-refractivity contribution in [2.75, 3.05) is 13.2 Å². The number of hydrogen-bond acceptors (Lipinski definition) is 3. The Bertz CT molecular complexity index is 344. The maximum atomic E-state index is 13.6. The molecule has 0 amide bonds. The molecule has 1 rings (SSSR count). The van der Waals surface area contributed by atoms with Gasteiger partial charge in [-0.3, -0.25) is 0 Å². The first kappa shape index (κ1) is 13.9. The predicted octanol–water partition coefficient (Wildman–Crippen LogP) is 1.87. The average molecular weight is 241 g/mol. The van der Waals surface area contributed by atoms with E-state index in [1.54, 1.807) is 12.1 Å². The fourth-order valence-electron chi connectivity index (χ4n) is 1.48. The lowest BCUT2D eigenvalue weighted by atomic mass is 10.1. The van der Waals surface area contributed by atoms with E-state index in [1.807, 2.05) is 0 Å². The lowest BCUT2D eigenvalue weighted by molar-refractivity contribution is 0.265. The second-order valence-electron chi connectivity index (χ2n) is 4.11. The van der Waals surface area contributed by atoms with E-state index in [0.29, 0.717) is 13.0 Å². The Morgan fingerprint density at radius 1 is 1.47 bits per heavy atom. The van der Waals surface area contributed by atoms with E-state index >= 15 is 0 Å². The topological polar surface area (TPSA) is 55.5 Å². The molecule has 0 saturated heterocycles. The Labute approximate surface area is 101 Å². The van der Waals surface area contributed by atoms with E-state index in [9.17, 15) is 4.39 Å². The first-order chi connectivity index (χ1) is 8.17. The fourth-order valence-corrected chi connectivity index (χ4v) is 1.48. The predicted molar refractivity (Wildman–Crippen MR) is 65.6 cm³/mol. The van der Waals surface area contributed by atoms with Gasteiger partial charge in [-0.2, -0.15) is 0 Å². The van der Waals surface area contributed by atoms with Crippen molar-refractivity contribution < 1.29 is 14.2 Å². The number of unbranched alkanes of at least 4 members (excludes halogenated alkanes) is 1. The van der Waals surface area contributed by atoms with E-state index in [4.69, 9.17) is 15.6 Å². The molecule has 0 aliphatic rings. The van der Waals surface area contributed by atoms with Crippen LogP contribution in [0.2, 0.25) is 0 Å². The highest BCUT2D eigenvalue weighted by Gasteiger charge is 2.07. The first-order valence-corrected chi connectivity index (χ1v) is 5.95. The molecular formula is C13H20FNO2. The van der Waals surface area contributed by atoms with Crippen LogP contribution in [-0.4, -0.2) is 24.4 Å². The molecule has 0 radical (unpaired) electrons. The minimum Gasteiger partial charge on any atom is -0.491 e. The minimum atomic E-state index is -0.372. The lowest BCUT2D eigenvalue weighted by Crippen LogP contribution is -2.26. The van der Waals surface area contributed by atoms with Gasteiger partial charge in [0.1, 0.15) is 0 Å². The second-order valence-corrected chi connectivity index (χ2v) is 4.11. The summed E-state index contributed by atoms with van der Waals surface area (Å²) < 4.78 is 18.9. The van der Waals surface area contributed by atoms with Crippen LogP contribution in [0.25, 0.3) is 0 Å². The van der Waals surface area contributed by atoms with Gasteiger partial charge < -0.3 is 15.6 Å². The van der Waals surface area contributed by atoms with Crippen LogP contribution in [0.4, 0.5) is 4.39 Å². The van der Waals surface area contributed by atoms with Crippen molar-refractivity contribution in [1.82, 2.24) is 0 Å². The van der Waals surface area contributed by atoms with Crippen molar-refractivity contribution in [1.29, 1.82) is 0 Å². The van der Waals surface area contributed by atoms with Gasteiger partial charge in [0, 0.05) is 6.04 Å². The standard InChI is InChI=1S/C13H20FNO2/c1-2-3-6-17-13-5-4-10(8-12(13)14)7-11(15)9-16/h4-5,8,11,16H,2-3,6-7,9,15H2,1H3/t11-/m0/s1. The summed E-state index contributed by atoms with van der Waals surface area (Å²) in [7, 11) is 0. The van der Waals surface area contributed by atoms with Crippen molar-refractivity contribution >= 4 is 0 Å². The van der Waals surface area contributed by atoms with Crippen LogP contribution in [0.15, 0.2) is 18.2 Å². The summed E-state index contributed by atoms with van der Waals surface area (Å²) in [5, 5.41) is 8.82.